The largest absolute Gasteiger partial charge is 0.497 e. The molecule has 0 fully saturated rings. The van der Waals surface area contributed by atoms with Gasteiger partial charge in [0.25, 0.3) is 5.91 Å². The van der Waals surface area contributed by atoms with Crippen LogP contribution in [0.1, 0.15) is 27.8 Å². The van der Waals surface area contributed by atoms with Crippen LogP contribution >= 0.6 is 0 Å². The molecule has 0 aliphatic heterocycles. The highest BCUT2D eigenvalue weighted by Gasteiger charge is 2.30. The van der Waals surface area contributed by atoms with Crippen LogP contribution in [0.5, 0.6) is 11.5 Å². The molecule has 0 saturated heterocycles. The lowest BCUT2D eigenvalue weighted by Crippen LogP contribution is -2.14. The van der Waals surface area contributed by atoms with E-state index in [1.165, 1.54) is 25.3 Å². The molecule has 3 rings (SSSR count). The van der Waals surface area contributed by atoms with Gasteiger partial charge in [-0.2, -0.15) is 18.4 Å². The van der Waals surface area contributed by atoms with E-state index in [4.69, 9.17) is 9.47 Å². The Balaban J connectivity index is 1.87. The van der Waals surface area contributed by atoms with Crippen molar-refractivity contribution < 1.29 is 27.4 Å². The number of methoxy groups -OCH3 is 1. The average Bonchev–Trinajstić information content (AvgIpc) is 2.80. The van der Waals surface area contributed by atoms with Crippen LogP contribution in [0, 0.1) is 25.2 Å². The number of nitrogens with zero attached hydrogens (tertiary/aromatic N) is 1. The maximum atomic E-state index is 13.0. The summed E-state index contributed by atoms with van der Waals surface area (Å²) < 4.78 is 50.1. The fraction of sp³-hybridized carbons (Fsp3) is 0.185. The second-order valence-corrected chi connectivity index (χ2v) is 7.89. The molecule has 0 aromatic heterocycles. The lowest BCUT2D eigenvalue weighted by Gasteiger charge is -2.13. The summed E-state index contributed by atoms with van der Waals surface area (Å²) in [6.07, 6.45) is -3.24. The van der Waals surface area contributed by atoms with Gasteiger partial charge in [-0.05, 0) is 55.8 Å². The highest BCUT2D eigenvalue weighted by Crippen LogP contribution is 2.31. The first-order valence-corrected chi connectivity index (χ1v) is 10.6. The molecule has 0 unspecified atom stereocenters. The second kappa shape index (κ2) is 10.8. The Bertz CT molecular complexity index is 1290. The van der Waals surface area contributed by atoms with Crippen molar-refractivity contribution in [3.8, 4) is 17.6 Å². The Hall–Kier alpha value is -4.25. The number of carbonyl (C=O) groups is 1. The van der Waals surface area contributed by atoms with Crippen molar-refractivity contribution in [1.29, 1.82) is 5.26 Å². The Morgan fingerprint density at radius 3 is 2.40 bits per heavy atom. The van der Waals surface area contributed by atoms with Crippen LogP contribution in [0.25, 0.3) is 6.08 Å². The molecule has 0 saturated carbocycles. The number of aryl methyl sites for hydroxylation is 2. The predicted molar refractivity (Wildman–Crippen MR) is 127 cm³/mol. The van der Waals surface area contributed by atoms with E-state index < -0.39 is 17.6 Å². The molecule has 1 amide bonds. The summed E-state index contributed by atoms with van der Waals surface area (Å²) in [5, 5.41) is 11.9. The minimum absolute atomic E-state index is 0.0769. The number of ether oxygens (including phenoxy) is 2. The van der Waals surface area contributed by atoms with Gasteiger partial charge in [-0.25, -0.2) is 0 Å². The zero-order valence-corrected chi connectivity index (χ0v) is 19.4. The molecule has 0 spiro atoms. The SMILES string of the molecule is COc1ccc(/C=C(\C#N)C(=O)Nc2cccc(C(F)(F)F)c2)c(OCc2cc(C)cc(C)c2)c1. The first-order chi connectivity index (χ1) is 16.6. The number of hydrogen-bond donors (Lipinski definition) is 1. The normalized spacial score (nSPS) is 11.5. The smallest absolute Gasteiger partial charge is 0.416 e. The third-order valence-electron chi connectivity index (χ3n) is 5.01. The van der Waals surface area contributed by atoms with Crippen LogP contribution in [0.15, 0.2) is 66.2 Å². The fourth-order valence-corrected chi connectivity index (χ4v) is 3.48. The van der Waals surface area contributed by atoms with Gasteiger partial charge in [0.15, 0.2) is 0 Å². The minimum atomic E-state index is -4.56. The van der Waals surface area contributed by atoms with Crippen LogP contribution in [-0.4, -0.2) is 13.0 Å². The van der Waals surface area contributed by atoms with Crippen LogP contribution in [0.4, 0.5) is 18.9 Å². The molecule has 3 aromatic rings. The van der Waals surface area contributed by atoms with Gasteiger partial charge in [-0.15, -0.1) is 0 Å². The number of nitriles is 1. The number of halogens is 3. The number of nitrogens with one attached hydrogen (secondary N) is 1. The van der Waals surface area contributed by atoms with E-state index in [1.807, 2.05) is 32.0 Å². The quantitative estimate of drug-likeness (QED) is 0.311. The maximum Gasteiger partial charge on any atom is 0.416 e. The molecule has 0 heterocycles. The van der Waals surface area contributed by atoms with E-state index in [-0.39, 0.29) is 17.9 Å². The molecule has 5 nitrogen and oxygen atoms in total. The van der Waals surface area contributed by atoms with E-state index >= 15 is 0 Å². The molecule has 0 atom stereocenters. The molecule has 0 bridgehead atoms. The minimum Gasteiger partial charge on any atom is -0.497 e. The molecule has 8 heteroatoms. The van der Waals surface area contributed by atoms with Crippen molar-refractivity contribution in [2.75, 3.05) is 12.4 Å². The highest BCUT2D eigenvalue weighted by molar-refractivity contribution is 6.09. The monoisotopic (exact) mass is 480 g/mol. The molecular weight excluding hydrogens is 457 g/mol. The molecule has 0 aliphatic rings. The number of carbonyl (C=O) groups excluding carboxylic acids is 1. The highest BCUT2D eigenvalue weighted by atomic mass is 19.4. The van der Waals surface area contributed by atoms with E-state index in [9.17, 15) is 23.2 Å². The van der Waals surface area contributed by atoms with Crippen LogP contribution in [0.3, 0.4) is 0 Å². The number of amides is 1. The number of hydrogen-bond acceptors (Lipinski definition) is 4. The third-order valence-corrected chi connectivity index (χ3v) is 5.01. The zero-order chi connectivity index (χ0) is 25.6. The Morgan fingerprint density at radius 1 is 1.06 bits per heavy atom. The fourth-order valence-electron chi connectivity index (χ4n) is 3.48. The summed E-state index contributed by atoms with van der Waals surface area (Å²) in [5.74, 6) is 0.0514. The van der Waals surface area contributed by atoms with Gasteiger partial charge in [-0.3, -0.25) is 4.79 Å². The second-order valence-electron chi connectivity index (χ2n) is 7.89. The maximum absolute atomic E-state index is 13.0. The number of alkyl halides is 3. The van der Waals surface area contributed by atoms with Gasteiger partial charge >= 0.3 is 6.18 Å². The zero-order valence-electron chi connectivity index (χ0n) is 19.4. The van der Waals surface area contributed by atoms with Gasteiger partial charge in [0, 0.05) is 17.3 Å². The number of rotatable bonds is 7. The summed E-state index contributed by atoms with van der Waals surface area (Å²) in [6, 6.07) is 16.9. The van der Waals surface area contributed by atoms with Crippen molar-refractivity contribution in [1.82, 2.24) is 0 Å². The number of benzene rings is 3. The van der Waals surface area contributed by atoms with Crippen molar-refractivity contribution >= 4 is 17.7 Å². The lowest BCUT2D eigenvalue weighted by molar-refractivity contribution is -0.137. The summed E-state index contributed by atoms with van der Waals surface area (Å²) in [5.41, 5.74) is 2.28. The van der Waals surface area contributed by atoms with Crippen molar-refractivity contribution in [3.63, 3.8) is 0 Å². The van der Waals surface area contributed by atoms with Crippen molar-refractivity contribution in [2.45, 2.75) is 26.6 Å². The van der Waals surface area contributed by atoms with Crippen LogP contribution in [0.2, 0.25) is 0 Å². The van der Waals surface area contributed by atoms with Gasteiger partial charge in [0.2, 0.25) is 0 Å². The molecule has 1 N–H and O–H groups in total. The van der Waals surface area contributed by atoms with E-state index in [0.717, 1.165) is 28.8 Å². The summed E-state index contributed by atoms with van der Waals surface area (Å²) in [7, 11) is 1.50. The number of anilines is 1. The molecule has 0 radical (unpaired) electrons. The van der Waals surface area contributed by atoms with Gasteiger partial charge in [0.1, 0.15) is 29.7 Å². The molecule has 0 aliphatic carbocycles. The molecule has 35 heavy (non-hydrogen) atoms. The summed E-state index contributed by atoms with van der Waals surface area (Å²) >= 11 is 0. The Kier molecular flexibility index (Phi) is 7.82. The van der Waals surface area contributed by atoms with Crippen molar-refractivity contribution in [2.24, 2.45) is 0 Å². The first kappa shape index (κ1) is 25.4. The first-order valence-electron chi connectivity index (χ1n) is 10.6. The molecular formula is C27H23F3N2O3. The molecule has 180 valence electrons. The topological polar surface area (TPSA) is 71.3 Å². The van der Waals surface area contributed by atoms with E-state index in [0.29, 0.717) is 17.1 Å². The third kappa shape index (κ3) is 6.87. The Labute approximate surface area is 201 Å². The summed E-state index contributed by atoms with van der Waals surface area (Å²) in [4.78, 5) is 12.6. The van der Waals surface area contributed by atoms with Gasteiger partial charge in [0.05, 0.1) is 12.7 Å². The van der Waals surface area contributed by atoms with Crippen molar-refractivity contribution in [3.05, 3.63) is 94.1 Å². The average molecular weight is 480 g/mol. The molecule has 3 aromatic carbocycles. The lowest BCUT2D eigenvalue weighted by atomic mass is 10.1. The van der Waals surface area contributed by atoms with Crippen LogP contribution < -0.4 is 14.8 Å². The van der Waals surface area contributed by atoms with E-state index in [2.05, 4.69) is 5.32 Å². The predicted octanol–water partition coefficient (Wildman–Crippen LogP) is 6.46. The van der Waals surface area contributed by atoms with Gasteiger partial charge in [-0.1, -0.05) is 35.4 Å². The van der Waals surface area contributed by atoms with Crippen LogP contribution in [-0.2, 0) is 17.6 Å². The van der Waals surface area contributed by atoms with E-state index in [1.54, 1.807) is 24.3 Å². The van der Waals surface area contributed by atoms with Gasteiger partial charge < -0.3 is 14.8 Å². The standard InChI is InChI=1S/C27H23F3N2O3/c1-17-9-18(2)11-19(10-17)16-35-25-14-24(34-3)8-7-20(25)12-21(15-31)26(33)32-23-6-4-5-22(13-23)27(28,29)30/h4-14H,16H2,1-3H3,(H,32,33)/b21-12+. The summed E-state index contributed by atoms with van der Waals surface area (Å²) in [6.45, 7) is 4.21. The Morgan fingerprint density at radius 2 is 1.77 bits per heavy atom.